The van der Waals surface area contributed by atoms with Crippen LogP contribution in [0.3, 0.4) is 0 Å². The predicted molar refractivity (Wildman–Crippen MR) is 84.9 cm³/mol. The first-order chi connectivity index (χ1) is 10.8. The van der Waals surface area contributed by atoms with Gasteiger partial charge >= 0.3 is 6.09 Å². The fourth-order valence-electron chi connectivity index (χ4n) is 2.70. The monoisotopic (exact) mass is 320 g/mol. The van der Waals surface area contributed by atoms with Crippen LogP contribution in [0.1, 0.15) is 30.1 Å². The quantitative estimate of drug-likeness (QED) is 0.887. The molecule has 1 fully saturated rings. The molecular weight excluding hydrogens is 300 g/mol. The van der Waals surface area contributed by atoms with Crippen LogP contribution in [0.4, 0.5) is 4.79 Å². The van der Waals surface area contributed by atoms with Crippen LogP contribution in [0.25, 0.3) is 0 Å². The lowest BCUT2D eigenvalue weighted by molar-refractivity contribution is 0.115. The van der Waals surface area contributed by atoms with Crippen molar-refractivity contribution in [3.63, 3.8) is 0 Å². The molecule has 1 aliphatic heterocycles. The number of likely N-dealkylation sites (tertiary alicyclic amines) is 1. The van der Waals surface area contributed by atoms with Crippen LogP contribution in [-0.2, 0) is 4.74 Å². The first-order valence-electron chi connectivity index (χ1n) is 7.48. The lowest BCUT2D eigenvalue weighted by Gasteiger charge is -2.21. The molecule has 3 rings (SSSR count). The van der Waals surface area contributed by atoms with Gasteiger partial charge in [-0.25, -0.2) is 9.78 Å². The van der Waals surface area contributed by atoms with Crippen LogP contribution in [0.2, 0.25) is 0 Å². The Balaban J connectivity index is 1.66. The number of aromatic amines is 1. The highest BCUT2D eigenvalue weighted by Crippen LogP contribution is 2.25. The number of H-pyrrole nitrogens is 1. The van der Waals surface area contributed by atoms with Crippen molar-refractivity contribution in [2.45, 2.75) is 25.4 Å². The van der Waals surface area contributed by atoms with Gasteiger partial charge in [0.05, 0.1) is 6.61 Å². The molecule has 0 saturated carbocycles. The summed E-state index contributed by atoms with van der Waals surface area (Å²) in [7, 11) is 0. The zero-order chi connectivity index (χ0) is 15.4. The molecule has 0 spiro atoms. The Morgan fingerprint density at radius 1 is 1.68 bits per heavy atom. The molecule has 2 atom stereocenters. The molecule has 6 nitrogen and oxygen atoms in total. The second-order valence-corrected chi connectivity index (χ2v) is 6.20. The highest BCUT2D eigenvalue weighted by Gasteiger charge is 2.30. The Kier molecular flexibility index (Phi) is 4.74. The number of nitrogens with zero attached hydrogens (tertiary/aromatic N) is 2. The van der Waals surface area contributed by atoms with Gasteiger partial charge in [-0.3, -0.25) is 5.32 Å². The normalized spacial score (nSPS) is 19.3. The largest absolute Gasteiger partial charge is 0.450 e. The minimum atomic E-state index is -0.225. The number of ether oxygens (including phenoxy) is 1. The summed E-state index contributed by atoms with van der Waals surface area (Å²) in [5.74, 6) is 0.900. The highest BCUT2D eigenvalue weighted by atomic mass is 32.1. The SMILES string of the molecule is CCOC(=O)N1CC[C@H](N[C@H](c2ncc[nH]2)c2cccs2)C1. The van der Waals surface area contributed by atoms with Gasteiger partial charge in [0, 0.05) is 36.4 Å². The molecule has 0 aromatic carbocycles. The second kappa shape index (κ2) is 6.93. The van der Waals surface area contributed by atoms with Gasteiger partial charge < -0.3 is 14.6 Å². The summed E-state index contributed by atoms with van der Waals surface area (Å²) in [6.07, 6.45) is 4.29. The lowest BCUT2D eigenvalue weighted by atomic mass is 10.1. The van der Waals surface area contributed by atoms with Crippen molar-refractivity contribution in [1.29, 1.82) is 0 Å². The van der Waals surface area contributed by atoms with Crippen molar-refractivity contribution in [2.75, 3.05) is 19.7 Å². The molecule has 0 aliphatic carbocycles. The van der Waals surface area contributed by atoms with Gasteiger partial charge in [0.1, 0.15) is 11.9 Å². The molecule has 0 bridgehead atoms. The van der Waals surface area contributed by atoms with Crippen molar-refractivity contribution in [1.82, 2.24) is 20.2 Å². The van der Waals surface area contributed by atoms with Crippen molar-refractivity contribution >= 4 is 17.4 Å². The maximum absolute atomic E-state index is 11.8. The zero-order valence-corrected chi connectivity index (χ0v) is 13.3. The zero-order valence-electron chi connectivity index (χ0n) is 12.5. The molecule has 1 aliphatic rings. The topological polar surface area (TPSA) is 70.2 Å². The van der Waals surface area contributed by atoms with Gasteiger partial charge in [-0.05, 0) is 24.8 Å². The summed E-state index contributed by atoms with van der Waals surface area (Å²) in [4.78, 5) is 22.3. The average Bonchev–Trinajstić information content (AvgIpc) is 3.26. The Morgan fingerprint density at radius 3 is 3.27 bits per heavy atom. The van der Waals surface area contributed by atoms with Crippen molar-refractivity contribution < 1.29 is 9.53 Å². The van der Waals surface area contributed by atoms with E-state index >= 15 is 0 Å². The summed E-state index contributed by atoms with van der Waals surface area (Å²) < 4.78 is 5.07. The number of amides is 1. The third-order valence-electron chi connectivity index (χ3n) is 3.74. The number of carbonyl (C=O) groups excluding carboxylic acids is 1. The highest BCUT2D eigenvalue weighted by molar-refractivity contribution is 7.10. The average molecular weight is 320 g/mol. The van der Waals surface area contributed by atoms with Crippen LogP contribution < -0.4 is 5.32 Å². The van der Waals surface area contributed by atoms with E-state index in [4.69, 9.17) is 4.74 Å². The number of nitrogens with one attached hydrogen (secondary N) is 2. The number of hydrogen-bond acceptors (Lipinski definition) is 5. The minimum absolute atomic E-state index is 0.0298. The maximum Gasteiger partial charge on any atom is 0.409 e. The fraction of sp³-hybridized carbons (Fsp3) is 0.467. The minimum Gasteiger partial charge on any atom is -0.450 e. The Morgan fingerprint density at radius 2 is 2.59 bits per heavy atom. The lowest BCUT2D eigenvalue weighted by Crippen LogP contribution is -2.37. The van der Waals surface area contributed by atoms with Crippen molar-refractivity contribution in [3.8, 4) is 0 Å². The fourth-order valence-corrected chi connectivity index (χ4v) is 3.49. The summed E-state index contributed by atoms with van der Waals surface area (Å²) >= 11 is 1.70. The van der Waals surface area contributed by atoms with Crippen LogP contribution in [0.15, 0.2) is 29.9 Å². The first kappa shape index (κ1) is 15.1. The van der Waals surface area contributed by atoms with E-state index < -0.39 is 0 Å². The molecule has 0 unspecified atom stereocenters. The van der Waals surface area contributed by atoms with E-state index in [1.807, 2.05) is 19.2 Å². The Bertz CT molecular complexity index is 550. The van der Waals surface area contributed by atoms with E-state index in [-0.39, 0.29) is 18.2 Å². The smallest absolute Gasteiger partial charge is 0.409 e. The van der Waals surface area contributed by atoms with Gasteiger partial charge in [0.2, 0.25) is 0 Å². The summed E-state index contributed by atoms with van der Waals surface area (Å²) in [6.45, 7) is 3.64. The predicted octanol–water partition coefficient (Wildman–Crippen LogP) is 2.38. The molecule has 3 heterocycles. The second-order valence-electron chi connectivity index (χ2n) is 5.22. The van der Waals surface area contributed by atoms with E-state index in [9.17, 15) is 4.79 Å². The summed E-state index contributed by atoms with van der Waals surface area (Å²) in [6, 6.07) is 4.41. The van der Waals surface area contributed by atoms with E-state index in [1.165, 1.54) is 4.88 Å². The first-order valence-corrected chi connectivity index (χ1v) is 8.36. The van der Waals surface area contributed by atoms with Crippen LogP contribution in [0.5, 0.6) is 0 Å². The molecule has 2 N–H and O–H groups in total. The van der Waals surface area contributed by atoms with E-state index in [0.29, 0.717) is 13.2 Å². The molecule has 1 saturated heterocycles. The Labute approximate surface area is 133 Å². The standard InChI is InChI=1S/C15H20N4O2S/c1-2-21-15(20)19-8-5-11(10-19)18-13(12-4-3-9-22-12)14-16-6-7-17-14/h3-4,6-7,9,11,13,18H,2,5,8,10H2,1H3,(H,16,17)/t11-,13-/m0/s1. The van der Waals surface area contributed by atoms with Gasteiger partial charge in [0.15, 0.2) is 0 Å². The molecule has 2 aromatic heterocycles. The van der Waals surface area contributed by atoms with Crippen molar-refractivity contribution in [2.24, 2.45) is 0 Å². The number of rotatable bonds is 5. The number of aromatic nitrogens is 2. The molecule has 1 amide bonds. The number of hydrogen-bond donors (Lipinski definition) is 2. The van der Waals surface area contributed by atoms with Gasteiger partial charge in [-0.15, -0.1) is 11.3 Å². The number of thiophene rings is 1. The molecule has 22 heavy (non-hydrogen) atoms. The molecule has 118 valence electrons. The molecule has 7 heteroatoms. The number of imidazole rings is 1. The Hall–Kier alpha value is -1.86. The van der Waals surface area contributed by atoms with E-state index in [0.717, 1.165) is 18.8 Å². The maximum atomic E-state index is 11.8. The van der Waals surface area contributed by atoms with Crippen LogP contribution in [0, 0.1) is 0 Å². The third-order valence-corrected chi connectivity index (χ3v) is 4.67. The summed E-state index contributed by atoms with van der Waals surface area (Å²) in [5.41, 5.74) is 0. The van der Waals surface area contributed by atoms with Gasteiger partial charge in [-0.2, -0.15) is 0 Å². The molecule has 2 aromatic rings. The van der Waals surface area contributed by atoms with Crippen molar-refractivity contribution in [3.05, 3.63) is 40.6 Å². The van der Waals surface area contributed by atoms with Crippen LogP contribution in [-0.4, -0.2) is 46.7 Å². The van der Waals surface area contributed by atoms with E-state index in [2.05, 4.69) is 26.7 Å². The molecular formula is C15H20N4O2S. The van der Waals surface area contributed by atoms with Gasteiger partial charge in [0.25, 0.3) is 0 Å². The van der Waals surface area contributed by atoms with Gasteiger partial charge in [-0.1, -0.05) is 6.07 Å². The number of carbonyl (C=O) groups is 1. The third kappa shape index (κ3) is 3.31. The molecule has 0 radical (unpaired) electrons. The van der Waals surface area contributed by atoms with E-state index in [1.54, 1.807) is 22.4 Å². The summed E-state index contributed by atoms with van der Waals surface area (Å²) in [5, 5.41) is 5.68. The van der Waals surface area contributed by atoms with Crippen LogP contribution >= 0.6 is 11.3 Å².